The molecule has 0 bridgehead atoms. The highest BCUT2D eigenvalue weighted by molar-refractivity contribution is 6.33. The van der Waals surface area contributed by atoms with E-state index in [4.69, 9.17) is 16.7 Å². The third-order valence-corrected chi connectivity index (χ3v) is 2.72. The molecule has 0 aromatic carbocycles. The Bertz CT molecular complexity index is 688. The molecule has 0 fully saturated rings. The summed E-state index contributed by atoms with van der Waals surface area (Å²) in [5.74, 6) is -0.866. The van der Waals surface area contributed by atoms with Crippen molar-refractivity contribution in [2.75, 3.05) is 11.9 Å². The average molecular weight is 313 g/mol. The summed E-state index contributed by atoms with van der Waals surface area (Å²) >= 11 is 5.86. The van der Waals surface area contributed by atoms with Crippen LogP contribution in [-0.2, 0) is 6.54 Å². The molecule has 0 saturated carbocycles. The van der Waals surface area contributed by atoms with E-state index in [9.17, 15) is 14.9 Å². The summed E-state index contributed by atoms with van der Waals surface area (Å²) in [6, 6.07) is 1.19. The molecule has 0 aliphatic rings. The number of nitrogens with one attached hydrogen (secondary N) is 1. The van der Waals surface area contributed by atoms with Crippen LogP contribution < -0.4 is 5.32 Å². The van der Waals surface area contributed by atoms with Crippen LogP contribution in [0.3, 0.4) is 0 Å². The average Bonchev–Trinajstić information content (AvgIpc) is 2.89. The van der Waals surface area contributed by atoms with Gasteiger partial charge in [0.25, 0.3) is 5.69 Å². The third-order valence-electron chi connectivity index (χ3n) is 2.43. The maximum absolute atomic E-state index is 10.6. The van der Waals surface area contributed by atoms with E-state index in [1.807, 2.05) is 0 Å². The zero-order chi connectivity index (χ0) is 15.4. The van der Waals surface area contributed by atoms with Crippen LogP contribution in [0.25, 0.3) is 0 Å². The standard InChI is InChI=1S/C10H9ClN6O4/c11-7-3-6(17(20)21)4-13-9(7)12-1-2-16-5-8(10(18)19)14-15-16/h3-5H,1-2H2,(H,12,13)(H,18,19). The lowest BCUT2D eigenvalue weighted by molar-refractivity contribution is -0.385. The first kappa shape index (κ1) is 14.7. The Morgan fingerprint density at radius 2 is 2.33 bits per heavy atom. The van der Waals surface area contributed by atoms with Crippen molar-refractivity contribution < 1.29 is 14.8 Å². The molecule has 2 aromatic heterocycles. The highest BCUT2D eigenvalue weighted by Gasteiger charge is 2.11. The van der Waals surface area contributed by atoms with Gasteiger partial charge in [-0.3, -0.25) is 10.1 Å². The van der Waals surface area contributed by atoms with E-state index >= 15 is 0 Å². The SMILES string of the molecule is O=C(O)c1cn(CCNc2ncc([N+](=O)[O-])cc2Cl)nn1. The molecular formula is C10H9ClN6O4. The smallest absolute Gasteiger partial charge is 0.358 e. The fourth-order valence-corrected chi connectivity index (χ4v) is 1.68. The number of anilines is 1. The Hall–Kier alpha value is -2.75. The fourth-order valence-electron chi connectivity index (χ4n) is 1.45. The number of carbonyl (C=O) groups is 1. The van der Waals surface area contributed by atoms with Gasteiger partial charge in [-0.1, -0.05) is 16.8 Å². The number of nitro groups is 1. The van der Waals surface area contributed by atoms with Crippen LogP contribution in [0.4, 0.5) is 11.5 Å². The summed E-state index contributed by atoms with van der Waals surface area (Å²) in [7, 11) is 0. The number of aromatic nitrogens is 4. The lowest BCUT2D eigenvalue weighted by Crippen LogP contribution is -2.12. The van der Waals surface area contributed by atoms with Crippen molar-refractivity contribution in [3.8, 4) is 0 Å². The minimum Gasteiger partial charge on any atom is -0.476 e. The third kappa shape index (κ3) is 3.63. The predicted octanol–water partition coefficient (Wildman–Crippen LogP) is 1.04. The van der Waals surface area contributed by atoms with Crippen LogP contribution in [0.1, 0.15) is 10.5 Å². The number of carboxylic acids is 1. The van der Waals surface area contributed by atoms with Gasteiger partial charge in [0.05, 0.1) is 22.7 Å². The largest absolute Gasteiger partial charge is 0.476 e. The first-order chi connectivity index (χ1) is 9.97. The zero-order valence-electron chi connectivity index (χ0n) is 10.4. The Balaban J connectivity index is 1.93. The topological polar surface area (TPSA) is 136 Å². The van der Waals surface area contributed by atoms with Gasteiger partial charge in [-0.05, 0) is 0 Å². The maximum atomic E-state index is 10.6. The molecule has 2 N–H and O–H groups in total. The number of pyridine rings is 1. The van der Waals surface area contributed by atoms with E-state index in [2.05, 4.69) is 20.6 Å². The molecule has 11 heteroatoms. The summed E-state index contributed by atoms with van der Waals surface area (Å²) in [6.45, 7) is 0.669. The van der Waals surface area contributed by atoms with Gasteiger partial charge in [0.1, 0.15) is 12.0 Å². The van der Waals surface area contributed by atoms with Crippen LogP contribution in [0.5, 0.6) is 0 Å². The summed E-state index contributed by atoms with van der Waals surface area (Å²) in [6.07, 6.45) is 2.38. The number of rotatable bonds is 6. The van der Waals surface area contributed by atoms with Crippen molar-refractivity contribution in [2.24, 2.45) is 0 Å². The molecule has 0 aliphatic heterocycles. The molecule has 0 radical (unpaired) electrons. The molecule has 21 heavy (non-hydrogen) atoms. The second-order valence-corrected chi connectivity index (χ2v) is 4.29. The number of hydrogen-bond donors (Lipinski definition) is 2. The lowest BCUT2D eigenvalue weighted by Gasteiger charge is -2.06. The van der Waals surface area contributed by atoms with Gasteiger partial charge in [0.2, 0.25) is 0 Å². The van der Waals surface area contributed by atoms with E-state index in [0.717, 1.165) is 6.20 Å². The molecule has 110 valence electrons. The van der Waals surface area contributed by atoms with Gasteiger partial charge in [0, 0.05) is 12.6 Å². The van der Waals surface area contributed by atoms with Crippen LogP contribution in [-0.4, -0.2) is 42.5 Å². The highest BCUT2D eigenvalue weighted by Crippen LogP contribution is 2.23. The molecule has 2 rings (SSSR count). The summed E-state index contributed by atoms with van der Waals surface area (Å²) < 4.78 is 1.34. The van der Waals surface area contributed by atoms with Crippen LogP contribution in [0.2, 0.25) is 5.02 Å². The van der Waals surface area contributed by atoms with Gasteiger partial charge in [-0.15, -0.1) is 5.10 Å². The Labute approximate surface area is 122 Å². The summed E-state index contributed by atoms with van der Waals surface area (Å²) in [4.78, 5) is 24.4. The molecule has 2 aromatic rings. The van der Waals surface area contributed by atoms with Crippen molar-refractivity contribution in [2.45, 2.75) is 6.54 Å². The zero-order valence-corrected chi connectivity index (χ0v) is 11.2. The van der Waals surface area contributed by atoms with E-state index in [0.29, 0.717) is 18.9 Å². The van der Waals surface area contributed by atoms with Crippen molar-refractivity contribution in [3.63, 3.8) is 0 Å². The summed E-state index contributed by atoms with van der Waals surface area (Å²) in [5.41, 5.74) is -0.352. The second-order valence-electron chi connectivity index (χ2n) is 3.88. The molecular weight excluding hydrogens is 304 g/mol. The molecule has 0 spiro atoms. The molecule has 10 nitrogen and oxygen atoms in total. The first-order valence-electron chi connectivity index (χ1n) is 5.64. The monoisotopic (exact) mass is 312 g/mol. The maximum Gasteiger partial charge on any atom is 0.358 e. The van der Waals surface area contributed by atoms with E-state index in [1.165, 1.54) is 16.9 Å². The lowest BCUT2D eigenvalue weighted by atomic mass is 10.4. The highest BCUT2D eigenvalue weighted by atomic mass is 35.5. The minimum atomic E-state index is -1.16. The second kappa shape index (κ2) is 6.13. The quantitative estimate of drug-likeness (QED) is 0.596. The first-order valence-corrected chi connectivity index (χ1v) is 6.02. The molecule has 0 saturated heterocycles. The number of halogens is 1. The van der Waals surface area contributed by atoms with Gasteiger partial charge in [-0.25, -0.2) is 14.5 Å². The number of nitrogens with zero attached hydrogens (tertiary/aromatic N) is 5. The van der Waals surface area contributed by atoms with Gasteiger partial charge in [0.15, 0.2) is 5.69 Å². The molecule has 2 heterocycles. The van der Waals surface area contributed by atoms with Crippen LogP contribution in [0, 0.1) is 10.1 Å². The number of hydrogen-bond acceptors (Lipinski definition) is 7. The van der Waals surface area contributed by atoms with Crippen LogP contribution >= 0.6 is 11.6 Å². The van der Waals surface area contributed by atoms with E-state index in [1.54, 1.807) is 0 Å². The van der Waals surface area contributed by atoms with E-state index < -0.39 is 10.9 Å². The van der Waals surface area contributed by atoms with Gasteiger partial charge >= 0.3 is 5.97 Å². The van der Waals surface area contributed by atoms with Gasteiger partial charge in [-0.2, -0.15) is 0 Å². The van der Waals surface area contributed by atoms with Crippen LogP contribution in [0.15, 0.2) is 18.5 Å². The van der Waals surface area contributed by atoms with Crippen molar-refractivity contribution in [1.29, 1.82) is 0 Å². The Kier molecular flexibility index (Phi) is 4.28. The Morgan fingerprint density at radius 1 is 1.57 bits per heavy atom. The number of aromatic carboxylic acids is 1. The van der Waals surface area contributed by atoms with Crippen molar-refractivity contribution in [3.05, 3.63) is 39.3 Å². The predicted molar refractivity (Wildman–Crippen MR) is 71.4 cm³/mol. The molecule has 0 unspecified atom stereocenters. The fraction of sp³-hybridized carbons (Fsp3) is 0.200. The van der Waals surface area contributed by atoms with Crippen molar-refractivity contribution >= 4 is 29.1 Å². The molecule has 0 amide bonds. The normalized spacial score (nSPS) is 10.3. The van der Waals surface area contributed by atoms with Crippen molar-refractivity contribution in [1.82, 2.24) is 20.0 Å². The Morgan fingerprint density at radius 3 is 2.90 bits per heavy atom. The minimum absolute atomic E-state index is 0.119. The van der Waals surface area contributed by atoms with Gasteiger partial charge < -0.3 is 10.4 Å². The molecule has 0 atom stereocenters. The summed E-state index contributed by atoms with van der Waals surface area (Å²) in [5, 5.41) is 29.3. The van der Waals surface area contributed by atoms with E-state index in [-0.39, 0.29) is 16.4 Å². The number of carboxylic acid groups (broad SMARTS) is 1. The molecule has 0 aliphatic carbocycles.